The van der Waals surface area contributed by atoms with Gasteiger partial charge in [-0.25, -0.2) is 0 Å². The maximum atomic E-state index is 9.36. The van der Waals surface area contributed by atoms with Crippen molar-refractivity contribution in [2.24, 2.45) is 5.92 Å². The van der Waals surface area contributed by atoms with Gasteiger partial charge in [0.1, 0.15) is 5.54 Å². The van der Waals surface area contributed by atoms with Crippen LogP contribution in [0.2, 0.25) is 0 Å². The van der Waals surface area contributed by atoms with Gasteiger partial charge in [0.15, 0.2) is 0 Å². The molecule has 104 valence electrons. The van der Waals surface area contributed by atoms with E-state index in [-0.39, 0.29) is 11.6 Å². The second kappa shape index (κ2) is 7.11. The maximum absolute atomic E-state index is 9.36. The number of hydrogen-bond acceptors (Lipinski definition) is 3. The lowest BCUT2D eigenvalue weighted by Gasteiger charge is -2.25. The van der Waals surface area contributed by atoms with E-state index in [0.717, 1.165) is 38.2 Å². The molecule has 1 aliphatic carbocycles. The SMILES string of the molecule is CC(C)CCCOC1CCC(C#N)(NC(C)C)C1. The van der Waals surface area contributed by atoms with Gasteiger partial charge in [0.05, 0.1) is 12.2 Å². The van der Waals surface area contributed by atoms with Gasteiger partial charge in [-0.1, -0.05) is 13.8 Å². The van der Waals surface area contributed by atoms with Crippen molar-refractivity contribution >= 4 is 0 Å². The molecular weight excluding hydrogens is 224 g/mol. The van der Waals surface area contributed by atoms with E-state index in [4.69, 9.17) is 4.74 Å². The molecule has 0 bridgehead atoms. The molecule has 3 nitrogen and oxygen atoms in total. The molecule has 0 radical (unpaired) electrons. The number of nitriles is 1. The lowest BCUT2D eigenvalue weighted by molar-refractivity contribution is 0.0506. The first kappa shape index (κ1) is 15.5. The highest BCUT2D eigenvalue weighted by molar-refractivity contribution is 5.12. The summed E-state index contributed by atoms with van der Waals surface area (Å²) in [7, 11) is 0. The first-order valence-electron chi connectivity index (χ1n) is 7.28. The monoisotopic (exact) mass is 252 g/mol. The van der Waals surface area contributed by atoms with Gasteiger partial charge in [0.2, 0.25) is 0 Å². The van der Waals surface area contributed by atoms with Crippen LogP contribution in [0.25, 0.3) is 0 Å². The standard InChI is InChI=1S/C15H28N2O/c1-12(2)6-5-9-18-14-7-8-15(10-14,11-16)17-13(3)4/h12-14,17H,5-10H2,1-4H3. The summed E-state index contributed by atoms with van der Waals surface area (Å²) in [5.41, 5.74) is -0.350. The van der Waals surface area contributed by atoms with Crippen LogP contribution in [0.1, 0.15) is 59.8 Å². The van der Waals surface area contributed by atoms with Crippen LogP contribution in [0.3, 0.4) is 0 Å². The molecule has 3 heteroatoms. The van der Waals surface area contributed by atoms with Crippen LogP contribution in [0, 0.1) is 17.2 Å². The Morgan fingerprint density at radius 2 is 2.11 bits per heavy atom. The molecule has 0 aromatic carbocycles. The molecule has 0 saturated heterocycles. The molecular formula is C15H28N2O. The predicted octanol–water partition coefficient (Wildman–Crippen LogP) is 3.25. The Morgan fingerprint density at radius 3 is 2.67 bits per heavy atom. The minimum atomic E-state index is -0.350. The lowest BCUT2D eigenvalue weighted by atomic mass is 9.98. The highest BCUT2D eigenvalue weighted by atomic mass is 16.5. The van der Waals surface area contributed by atoms with Gasteiger partial charge < -0.3 is 4.74 Å². The van der Waals surface area contributed by atoms with Crippen molar-refractivity contribution in [3.05, 3.63) is 0 Å². The van der Waals surface area contributed by atoms with Crippen molar-refractivity contribution in [2.45, 2.75) is 77.5 Å². The van der Waals surface area contributed by atoms with Crippen LogP contribution in [0.15, 0.2) is 0 Å². The molecule has 0 aliphatic heterocycles. The molecule has 1 saturated carbocycles. The molecule has 1 fully saturated rings. The minimum Gasteiger partial charge on any atom is -0.378 e. The summed E-state index contributed by atoms with van der Waals surface area (Å²) in [6.45, 7) is 9.50. The van der Waals surface area contributed by atoms with E-state index in [2.05, 4.69) is 39.1 Å². The number of hydrogen-bond donors (Lipinski definition) is 1. The third-order valence-corrected chi connectivity index (χ3v) is 3.53. The van der Waals surface area contributed by atoms with Crippen LogP contribution >= 0.6 is 0 Å². The highest BCUT2D eigenvalue weighted by Crippen LogP contribution is 2.32. The van der Waals surface area contributed by atoms with Gasteiger partial charge in [-0.2, -0.15) is 5.26 Å². The molecule has 1 rings (SSSR count). The third kappa shape index (κ3) is 4.96. The van der Waals surface area contributed by atoms with Crippen molar-refractivity contribution in [3.8, 4) is 6.07 Å². The highest BCUT2D eigenvalue weighted by Gasteiger charge is 2.40. The van der Waals surface area contributed by atoms with E-state index in [9.17, 15) is 5.26 Å². The number of rotatable bonds is 7. The van der Waals surface area contributed by atoms with E-state index < -0.39 is 0 Å². The van der Waals surface area contributed by atoms with Crippen LogP contribution < -0.4 is 5.32 Å². The summed E-state index contributed by atoms with van der Waals surface area (Å²) in [5, 5.41) is 12.8. The Balaban J connectivity index is 2.29. The van der Waals surface area contributed by atoms with Crippen molar-refractivity contribution in [3.63, 3.8) is 0 Å². The molecule has 1 N–H and O–H groups in total. The summed E-state index contributed by atoms with van der Waals surface area (Å²) in [6, 6.07) is 2.81. The number of nitrogens with zero attached hydrogens (tertiary/aromatic N) is 1. The molecule has 18 heavy (non-hydrogen) atoms. The fourth-order valence-corrected chi connectivity index (χ4v) is 2.70. The van der Waals surface area contributed by atoms with Crippen molar-refractivity contribution in [2.75, 3.05) is 6.61 Å². The summed E-state index contributed by atoms with van der Waals surface area (Å²) in [6.07, 6.45) is 5.38. The summed E-state index contributed by atoms with van der Waals surface area (Å²) in [5.74, 6) is 0.748. The molecule has 0 amide bonds. The quantitative estimate of drug-likeness (QED) is 0.707. The zero-order valence-electron chi connectivity index (χ0n) is 12.3. The lowest BCUT2D eigenvalue weighted by Crippen LogP contribution is -2.45. The number of ether oxygens (including phenoxy) is 1. The van der Waals surface area contributed by atoms with E-state index in [1.165, 1.54) is 6.42 Å². The van der Waals surface area contributed by atoms with Gasteiger partial charge >= 0.3 is 0 Å². The van der Waals surface area contributed by atoms with E-state index in [0.29, 0.717) is 6.04 Å². The molecule has 2 atom stereocenters. The first-order valence-corrected chi connectivity index (χ1v) is 7.28. The first-order chi connectivity index (χ1) is 8.47. The van der Waals surface area contributed by atoms with Gasteiger partial charge in [0.25, 0.3) is 0 Å². The zero-order valence-corrected chi connectivity index (χ0v) is 12.3. The van der Waals surface area contributed by atoms with E-state index in [1.54, 1.807) is 0 Å². The van der Waals surface area contributed by atoms with E-state index >= 15 is 0 Å². The average molecular weight is 252 g/mol. The summed E-state index contributed by atoms with van der Waals surface area (Å²) in [4.78, 5) is 0. The second-order valence-electron chi connectivity index (χ2n) is 6.26. The Labute approximate surface area is 112 Å². The minimum absolute atomic E-state index is 0.267. The smallest absolute Gasteiger partial charge is 0.109 e. The molecule has 1 aliphatic rings. The Bertz CT molecular complexity index is 283. The molecule has 0 aromatic rings. The average Bonchev–Trinajstić information content (AvgIpc) is 2.68. The largest absolute Gasteiger partial charge is 0.378 e. The van der Waals surface area contributed by atoms with Crippen LogP contribution in [-0.4, -0.2) is 24.3 Å². The normalized spacial score (nSPS) is 27.9. The fraction of sp³-hybridized carbons (Fsp3) is 0.933. The van der Waals surface area contributed by atoms with Crippen LogP contribution in [-0.2, 0) is 4.74 Å². The van der Waals surface area contributed by atoms with E-state index in [1.807, 2.05) is 0 Å². The molecule has 0 spiro atoms. The Hall–Kier alpha value is -0.590. The van der Waals surface area contributed by atoms with Crippen LogP contribution in [0.4, 0.5) is 0 Å². The molecule has 0 aromatic heterocycles. The topological polar surface area (TPSA) is 45.0 Å². The second-order valence-corrected chi connectivity index (χ2v) is 6.26. The van der Waals surface area contributed by atoms with Gasteiger partial charge in [-0.15, -0.1) is 0 Å². The Morgan fingerprint density at radius 1 is 1.39 bits per heavy atom. The van der Waals surface area contributed by atoms with Gasteiger partial charge in [-0.3, -0.25) is 5.32 Å². The number of nitrogens with one attached hydrogen (secondary N) is 1. The maximum Gasteiger partial charge on any atom is 0.109 e. The van der Waals surface area contributed by atoms with Gasteiger partial charge in [0, 0.05) is 19.1 Å². The van der Waals surface area contributed by atoms with Crippen molar-refractivity contribution in [1.82, 2.24) is 5.32 Å². The van der Waals surface area contributed by atoms with Gasteiger partial charge in [-0.05, 0) is 45.4 Å². The summed E-state index contributed by atoms with van der Waals surface area (Å²) < 4.78 is 5.90. The van der Waals surface area contributed by atoms with Crippen molar-refractivity contribution < 1.29 is 4.74 Å². The summed E-state index contributed by atoms with van der Waals surface area (Å²) >= 11 is 0. The fourth-order valence-electron chi connectivity index (χ4n) is 2.70. The predicted molar refractivity (Wildman–Crippen MR) is 74.3 cm³/mol. The molecule has 2 unspecified atom stereocenters. The Kier molecular flexibility index (Phi) is 6.11. The molecule has 0 heterocycles. The van der Waals surface area contributed by atoms with Crippen LogP contribution in [0.5, 0.6) is 0 Å². The third-order valence-electron chi connectivity index (χ3n) is 3.53. The van der Waals surface area contributed by atoms with Crippen molar-refractivity contribution in [1.29, 1.82) is 5.26 Å². The zero-order chi connectivity index (χ0) is 13.6.